The van der Waals surface area contributed by atoms with Crippen molar-refractivity contribution in [3.63, 3.8) is 0 Å². The molecule has 0 spiro atoms. The zero-order valence-electron chi connectivity index (χ0n) is 80.0. The highest BCUT2D eigenvalue weighted by Gasteiger charge is 2.55. The van der Waals surface area contributed by atoms with Gasteiger partial charge >= 0.3 is 0 Å². The first kappa shape index (κ1) is 55.4. The van der Waals surface area contributed by atoms with Crippen molar-refractivity contribution >= 4 is 97.4 Å². The summed E-state index contributed by atoms with van der Waals surface area (Å²) in [7, 11) is 0. The van der Waals surface area contributed by atoms with Gasteiger partial charge in [0.1, 0.15) is 23.0 Å². The third-order valence-electron chi connectivity index (χ3n) is 23.6. The average molecular weight is 1510 g/mol. The molecule has 0 atom stereocenters. The molecule has 5 heterocycles. The van der Waals surface area contributed by atoms with Crippen LogP contribution >= 0.6 is 0 Å². The zero-order valence-corrected chi connectivity index (χ0v) is 65.0. The molecule has 0 aromatic heterocycles. The lowest BCUT2D eigenvalue weighted by atomic mass is 9.29. The van der Waals surface area contributed by atoms with E-state index in [0.29, 0.717) is 89.1 Å². The van der Waals surface area contributed by atoms with Crippen LogP contribution in [-0.4, -0.2) is 13.4 Å². The fourth-order valence-electron chi connectivity index (χ4n) is 18.1. The smallest absolute Gasteiger partial charge is 0.266 e. The van der Waals surface area contributed by atoms with E-state index in [0.717, 1.165) is 38.9 Å². The van der Waals surface area contributed by atoms with Gasteiger partial charge in [-0.3, -0.25) is 0 Å². The van der Waals surface area contributed by atoms with Crippen LogP contribution in [-0.2, 0) is 10.8 Å². The molecule has 554 valence electrons. The van der Waals surface area contributed by atoms with E-state index in [1.54, 1.807) is 6.07 Å². The molecular formula is C110H81B2N3O2. The second-order valence-electron chi connectivity index (χ2n) is 32.5. The summed E-state index contributed by atoms with van der Waals surface area (Å²) in [6.45, 7) is 10.1. The first-order chi connectivity index (χ1) is 63.6. The number of para-hydroxylation sites is 1. The second kappa shape index (κ2) is 27.3. The monoisotopic (exact) mass is 1510 g/mol. The summed E-state index contributed by atoms with van der Waals surface area (Å²) in [6, 6.07) is 86.9. The van der Waals surface area contributed by atoms with E-state index < -0.39 is 83.7 Å². The number of benzene rings is 17. The highest BCUT2D eigenvalue weighted by Crippen LogP contribution is 2.59. The third-order valence-corrected chi connectivity index (χ3v) is 23.6. The van der Waals surface area contributed by atoms with Crippen molar-refractivity contribution in [3.8, 4) is 123 Å². The normalized spacial score (nSPS) is 14.9. The Bertz CT molecular complexity index is 7630. The van der Waals surface area contributed by atoms with Crippen LogP contribution in [0.15, 0.2) is 382 Å². The van der Waals surface area contributed by atoms with E-state index >= 15 is 0 Å². The van der Waals surface area contributed by atoms with E-state index in [4.69, 9.17) is 10.8 Å². The molecule has 5 aliphatic heterocycles. The Balaban J connectivity index is 1.01. The van der Waals surface area contributed by atoms with Crippen LogP contribution in [0.5, 0.6) is 23.0 Å². The average Bonchev–Trinajstić information content (AvgIpc) is 0.653. The molecule has 0 saturated carbocycles. The zero-order chi connectivity index (χ0) is 91.4. The highest BCUT2D eigenvalue weighted by molar-refractivity contribution is 7.04. The Morgan fingerprint density at radius 1 is 0.248 bits per heavy atom. The van der Waals surface area contributed by atoms with Crippen molar-refractivity contribution in [1.82, 2.24) is 0 Å². The predicted molar refractivity (Wildman–Crippen MR) is 493 cm³/mol. The van der Waals surface area contributed by atoms with Crippen molar-refractivity contribution in [2.45, 2.75) is 52.4 Å². The molecule has 0 unspecified atom stereocenters. The predicted octanol–water partition coefficient (Wildman–Crippen LogP) is 25.9. The van der Waals surface area contributed by atoms with Gasteiger partial charge in [-0.25, -0.2) is 0 Å². The first-order valence-electron chi connectivity index (χ1n) is 47.2. The molecule has 0 saturated heterocycles. The largest absolute Gasteiger partial charge is 0.459 e. The van der Waals surface area contributed by atoms with Crippen LogP contribution in [0.25, 0.3) is 100 Å². The molecule has 0 aliphatic carbocycles. The quantitative estimate of drug-likeness (QED) is 0.114. The van der Waals surface area contributed by atoms with Gasteiger partial charge in [-0.2, -0.15) is 0 Å². The molecule has 0 radical (unpaired) electrons. The molecule has 0 amide bonds. The molecule has 0 bridgehead atoms. The van der Waals surface area contributed by atoms with Gasteiger partial charge in [-0.1, -0.05) is 351 Å². The molecule has 0 fully saturated rings. The summed E-state index contributed by atoms with van der Waals surface area (Å²) in [5.41, 5.74) is 13.2. The number of anilines is 9. The lowest BCUT2D eigenvalue weighted by Crippen LogP contribution is -2.66. The summed E-state index contributed by atoms with van der Waals surface area (Å²) in [6.07, 6.45) is 0. The van der Waals surface area contributed by atoms with Gasteiger partial charge in [0.15, 0.2) is 0 Å². The van der Waals surface area contributed by atoms with Crippen molar-refractivity contribution in [1.29, 1.82) is 0 Å². The van der Waals surface area contributed by atoms with Crippen LogP contribution in [0.4, 0.5) is 51.2 Å². The van der Waals surface area contributed by atoms with Gasteiger partial charge in [0.25, 0.3) is 13.4 Å². The van der Waals surface area contributed by atoms with Gasteiger partial charge in [0.05, 0.1) is 37.6 Å². The van der Waals surface area contributed by atoms with Crippen LogP contribution in [0.3, 0.4) is 0 Å². The highest BCUT2D eigenvalue weighted by atomic mass is 16.5. The number of rotatable bonds is 12. The van der Waals surface area contributed by atoms with Crippen molar-refractivity contribution in [2.24, 2.45) is 0 Å². The maximum Gasteiger partial charge on any atom is 0.266 e. The van der Waals surface area contributed by atoms with E-state index in [-0.39, 0.29) is 121 Å². The lowest BCUT2D eigenvalue weighted by Gasteiger charge is -2.49. The Morgan fingerprint density at radius 2 is 0.684 bits per heavy atom. The summed E-state index contributed by atoms with van der Waals surface area (Å²) < 4.78 is 175. The van der Waals surface area contributed by atoms with E-state index in [2.05, 4.69) is 101 Å². The van der Waals surface area contributed by atoms with E-state index in [9.17, 15) is 19.2 Å². The van der Waals surface area contributed by atoms with Crippen molar-refractivity contribution < 1.29 is 30.0 Å². The second-order valence-corrected chi connectivity index (χ2v) is 32.5. The van der Waals surface area contributed by atoms with Crippen LogP contribution in [0.2, 0.25) is 0 Å². The standard InChI is InChI=1S/C110H81B2N3O2/c1-109(2,3)81-65-88(77-49-30-14-31-50-77)105(89(66-81)78-51-32-15-33-52-78)115-93-64-80(71-37-18-8-19-38-71)55-59-90(93)111-99-94(67-82(68-95(99)115)110(4,5)6)113(91-60-56-79(70-35-16-7-17-36-70)63-87(91)76-47-28-13-29-48-76)96-69-97-102-108(101(96)111)116-98-62-58-86(75-45-26-12-27-46-75)107-103(98)112(102)100-92(61-57-85(106(100)117-107)74-43-24-11-25-44-74)114(97)104-83(72-39-20-9-21-40-72)53-34-54-84(104)73-41-22-10-23-42-73/h7-69H,1-6H3/i8D,18D,19D,34D,37D,38D,53D,54D,55D,57D,58D,59D,62D,64D,69D. The summed E-state index contributed by atoms with van der Waals surface area (Å²) >= 11 is 0. The SMILES string of the molecule is [2H]c1cc2c3c(c1-c1ccccc1)Oc1c4c(c([2H])c([2H])c1-c1ccccc1)Oc1c5c(c([2H])c(c1B34)N2c1c(-c2ccccc2)c([2H])c([2H])c([2H])c1-c1ccccc1)N(c1ccc(-c2ccccc2)cc1-c1ccccc1)c1cc(C(C)(C)C)cc2c1B5c1c([2H])c([2H])c(-c3c([2H])c([2H])c([2H])c([2H])c3[2H])c([2H])c1N2c1c(-c2ccccc2)cc(C(C)(C)C)cc1-c1ccccc1. The molecule has 7 heteroatoms. The minimum Gasteiger partial charge on any atom is -0.459 e. The molecule has 117 heavy (non-hydrogen) atoms. The third kappa shape index (κ3) is 11.3. The van der Waals surface area contributed by atoms with Gasteiger partial charge < -0.3 is 24.2 Å². The Hall–Kier alpha value is -14.1. The number of nitrogens with zero attached hydrogens (tertiary/aromatic N) is 3. The first-order valence-corrected chi connectivity index (χ1v) is 39.7. The lowest BCUT2D eigenvalue weighted by molar-refractivity contribution is 0.468. The Morgan fingerprint density at radius 3 is 1.22 bits per heavy atom. The molecule has 0 N–H and O–H groups in total. The summed E-state index contributed by atoms with van der Waals surface area (Å²) in [5, 5.41) is 0. The van der Waals surface area contributed by atoms with Gasteiger partial charge in [-0.15, -0.1) is 0 Å². The number of ether oxygens (including phenoxy) is 2. The van der Waals surface area contributed by atoms with Gasteiger partial charge in [0.2, 0.25) is 0 Å². The maximum atomic E-state index is 12.8. The fourth-order valence-corrected chi connectivity index (χ4v) is 18.1. The Kier molecular flexibility index (Phi) is 12.9. The van der Waals surface area contributed by atoms with Crippen molar-refractivity contribution in [2.75, 3.05) is 14.7 Å². The van der Waals surface area contributed by atoms with Crippen LogP contribution < -0.4 is 57.0 Å². The minimum atomic E-state index is -1.47. The molecule has 17 aromatic rings. The Labute approximate surface area is 706 Å². The number of hydrogen-bond donors (Lipinski definition) is 0. The molecular weight excluding hydrogens is 1420 g/mol. The van der Waals surface area contributed by atoms with Gasteiger partial charge in [0, 0.05) is 78.5 Å². The topological polar surface area (TPSA) is 28.2 Å². The van der Waals surface area contributed by atoms with Crippen molar-refractivity contribution in [3.05, 3.63) is 393 Å². The summed E-state index contributed by atoms with van der Waals surface area (Å²) in [5.74, 6) is 0.274. The van der Waals surface area contributed by atoms with Crippen LogP contribution in [0.1, 0.15) is 73.2 Å². The molecule has 17 aromatic carbocycles. The fraction of sp³-hybridized carbons (Fsp3) is 0.0727. The van der Waals surface area contributed by atoms with Crippen LogP contribution in [0, 0.1) is 0 Å². The van der Waals surface area contributed by atoms with E-state index in [1.807, 2.05) is 240 Å². The maximum absolute atomic E-state index is 12.8. The molecule has 22 rings (SSSR count). The van der Waals surface area contributed by atoms with E-state index in [1.165, 1.54) is 0 Å². The minimum absolute atomic E-state index is 0.00361. The number of hydrogen-bond acceptors (Lipinski definition) is 5. The van der Waals surface area contributed by atoms with Gasteiger partial charge in [-0.05, 0) is 183 Å². The number of fused-ring (bicyclic) bond motifs is 5. The summed E-state index contributed by atoms with van der Waals surface area (Å²) in [4.78, 5) is 6.02. The molecule has 5 nitrogen and oxygen atoms in total. The molecule has 5 aliphatic rings.